The highest BCUT2D eigenvalue weighted by atomic mass is 19.1. The Bertz CT molecular complexity index is 543. The van der Waals surface area contributed by atoms with Crippen LogP contribution >= 0.6 is 0 Å². The molecule has 0 radical (unpaired) electrons. The maximum atomic E-state index is 13.8. The molecule has 3 nitrogen and oxygen atoms in total. The summed E-state index contributed by atoms with van der Waals surface area (Å²) in [5.41, 5.74) is 6.69. The summed E-state index contributed by atoms with van der Waals surface area (Å²) in [5.74, 6) is 0.339. The van der Waals surface area contributed by atoms with Crippen LogP contribution in [0, 0.1) is 5.82 Å². The number of anilines is 1. The lowest BCUT2D eigenvalue weighted by Crippen LogP contribution is -2.02. The van der Waals surface area contributed by atoms with Crippen LogP contribution in [0.1, 0.15) is 5.56 Å². The summed E-state index contributed by atoms with van der Waals surface area (Å²) in [7, 11) is 1.43. The topological polar surface area (TPSA) is 44.5 Å². The highest BCUT2D eigenvalue weighted by Gasteiger charge is 2.09. The lowest BCUT2D eigenvalue weighted by molar-refractivity contribution is 0.297. The van der Waals surface area contributed by atoms with Crippen molar-refractivity contribution in [2.45, 2.75) is 6.61 Å². The average Bonchev–Trinajstić information content (AvgIpc) is 2.39. The molecule has 0 amide bonds. The Hall–Kier alpha value is -2.23. The Morgan fingerprint density at radius 1 is 1.06 bits per heavy atom. The summed E-state index contributed by atoms with van der Waals surface area (Å²) < 4.78 is 24.2. The van der Waals surface area contributed by atoms with Crippen LogP contribution in [-0.4, -0.2) is 7.11 Å². The summed E-state index contributed by atoms with van der Waals surface area (Å²) in [6.07, 6.45) is 0. The minimum absolute atomic E-state index is 0.108. The second-order valence-corrected chi connectivity index (χ2v) is 3.76. The number of ether oxygens (including phenoxy) is 2. The fourth-order valence-electron chi connectivity index (χ4n) is 1.59. The molecule has 0 heterocycles. The van der Waals surface area contributed by atoms with Gasteiger partial charge in [0.25, 0.3) is 0 Å². The van der Waals surface area contributed by atoms with Crippen molar-refractivity contribution in [2.75, 3.05) is 12.8 Å². The van der Waals surface area contributed by atoms with E-state index in [4.69, 9.17) is 15.2 Å². The zero-order chi connectivity index (χ0) is 13.0. The lowest BCUT2D eigenvalue weighted by Gasteiger charge is -2.10. The van der Waals surface area contributed by atoms with E-state index < -0.39 is 5.82 Å². The molecule has 0 unspecified atom stereocenters. The standard InChI is InChI=1S/C14H14FNO2/c1-17-13-8-4-5-10(14(13)15)9-18-12-7-3-2-6-11(12)16/h2-8H,9,16H2,1H3. The molecule has 2 rings (SSSR count). The van der Waals surface area contributed by atoms with E-state index in [-0.39, 0.29) is 12.4 Å². The van der Waals surface area contributed by atoms with Gasteiger partial charge in [-0.05, 0) is 18.2 Å². The van der Waals surface area contributed by atoms with Crippen LogP contribution in [0.4, 0.5) is 10.1 Å². The molecule has 0 aliphatic carbocycles. The zero-order valence-corrected chi connectivity index (χ0v) is 10.0. The Morgan fingerprint density at radius 3 is 2.50 bits per heavy atom. The van der Waals surface area contributed by atoms with E-state index in [1.165, 1.54) is 7.11 Å². The van der Waals surface area contributed by atoms with Gasteiger partial charge < -0.3 is 15.2 Å². The van der Waals surface area contributed by atoms with Crippen LogP contribution in [0.25, 0.3) is 0 Å². The number of benzene rings is 2. The molecule has 0 aromatic heterocycles. The molecule has 94 valence electrons. The number of nitrogens with two attached hydrogens (primary N) is 1. The number of rotatable bonds is 4. The van der Waals surface area contributed by atoms with Crippen molar-refractivity contribution in [1.82, 2.24) is 0 Å². The average molecular weight is 247 g/mol. The quantitative estimate of drug-likeness (QED) is 0.845. The van der Waals surface area contributed by atoms with Crippen molar-refractivity contribution in [3.8, 4) is 11.5 Å². The second-order valence-electron chi connectivity index (χ2n) is 3.76. The van der Waals surface area contributed by atoms with Gasteiger partial charge in [0.2, 0.25) is 0 Å². The van der Waals surface area contributed by atoms with Crippen LogP contribution in [0.2, 0.25) is 0 Å². The minimum atomic E-state index is -0.408. The molecule has 0 fully saturated rings. The Kier molecular flexibility index (Phi) is 3.67. The van der Waals surface area contributed by atoms with E-state index in [9.17, 15) is 4.39 Å². The maximum absolute atomic E-state index is 13.8. The van der Waals surface area contributed by atoms with Crippen LogP contribution in [-0.2, 0) is 6.61 Å². The maximum Gasteiger partial charge on any atom is 0.171 e. The Labute approximate surface area is 105 Å². The van der Waals surface area contributed by atoms with Crippen molar-refractivity contribution in [3.05, 3.63) is 53.8 Å². The predicted molar refractivity (Wildman–Crippen MR) is 68.1 cm³/mol. The third-order valence-electron chi connectivity index (χ3n) is 2.57. The largest absolute Gasteiger partial charge is 0.494 e. The third-order valence-corrected chi connectivity index (χ3v) is 2.57. The van der Waals surface area contributed by atoms with Gasteiger partial charge in [0.1, 0.15) is 12.4 Å². The van der Waals surface area contributed by atoms with E-state index in [1.54, 1.807) is 30.3 Å². The molecule has 0 saturated carbocycles. The molecular formula is C14H14FNO2. The molecule has 2 aromatic rings. The molecular weight excluding hydrogens is 233 g/mol. The van der Waals surface area contributed by atoms with Crippen LogP contribution < -0.4 is 15.2 Å². The number of methoxy groups -OCH3 is 1. The van der Waals surface area contributed by atoms with Gasteiger partial charge in [0.15, 0.2) is 11.6 Å². The normalized spacial score (nSPS) is 10.1. The minimum Gasteiger partial charge on any atom is -0.494 e. The fraction of sp³-hybridized carbons (Fsp3) is 0.143. The molecule has 2 aromatic carbocycles. The van der Waals surface area contributed by atoms with Gasteiger partial charge in [-0.1, -0.05) is 24.3 Å². The number of hydrogen-bond acceptors (Lipinski definition) is 3. The zero-order valence-electron chi connectivity index (χ0n) is 10.0. The van der Waals surface area contributed by atoms with Crippen molar-refractivity contribution in [3.63, 3.8) is 0 Å². The first-order chi connectivity index (χ1) is 8.72. The predicted octanol–water partition coefficient (Wildman–Crippen LogP) is 3.00. The number of hydrogen-bond donors (Lipinski definition) is 1. The smallest absolute Gasteiger partial charge is 0.171 e. The molecule has 0 aliphatic rings. The van der Waals surface area contributed by atoms with Gasteiger partial charge in [-0.15, -0.1) is 0 Å². The van der Waals surface area contributed by atoms with Crippen molar-refractivity contribution < 1.29 is 13.9 Å². The second kappa shape index (κ2) is 5.40. The van der Waals surface area contributed by atoms with Gasteiger partial charge in [0, 0.05) is 5.56 Å². The molecule has 0 atom stereocenters. The Morgan fingerprint density at radius 2 is 1.78 bits per heavy atom. The van der Waals surface area contributed by atoms with Gasteiger partial charge in [-0.3, -0.25) is 0 Å². The van der Waals surface area contributed by atoms with E-state index in [0.29, 0.717) is 17.0 Å². The third kappa shape index (κ3) is 2.53. The fourth-order valence-corrected chi connectivity index (χ4v) is 1.59. The summed E-state index contributed by atoms with van der Waals surface area (Å²) in [4.78, 5) is 0. The van der Waals surface area contributed by atoms with Gasteiger partial charge in [-0.2, -0.15) is 0 Å². The van der Waals surface area contributed by atoms with Crippen molar-refractivity contribution in [1.29, 1.82) is 0 Å². The molecule has 4 heteroatoms. The van der Waals surface area contributed by atoms with Crippen molar-refractivity contribution in [2.24, 2.45) is 0 Å². The first-order valence-electron chi connectivity index (χ1n) is 5.51. The van der Waals surface area contributed by atoms with Gasteiger partial charge in [0.05, 0.1) is 12.8 Å². The van der Waals surface area contributed by atoms with Crippen LogP contribution in [0.5, 0.6) is 11.5 Å². The molecule has 0 bridgehead atoms. The number of nitrogen functional groups attached to an aromatic ring is 1. The summed E-state index contributed by atoms with van der Waals surface area (Å²) in [6, 6.07) is 12.0. The first kappa shape index (κ1) is 12.2. The summed E-state index contributed by atoms with van der Waals surface area (Å²) in [6.45, 7) is 0.108. The monoisotopic (exact) mass is 247 g/mol. The summed E-state index contributed by atoms with van der Waals surface area (Å²) in [5, 5.41) is 0. The number of para-hydroxylation sites is 2. The molecule has 0 aliphatic heterocycles. The molecule has 0 spiro atoms. The number of halogens is 1. The van der Waals surface area contributed by atoms with E-state index in [1.807, 2.05) is 12.1 Å². The highest BCUT2D eigenvalue weighted by Crippen LogP contribution is 2.24. The SMILES string of the molecule is COc1cccc(COc2ccccc2N)c1F. The van der Waals surface area contributed by atoms with Gasteiger partial charge >= 0.3 is 0 Å². The first-order valence-corrected chi connectivity index (χ1v) is 5.51. The molecule has 0 saturated heterocycles. The highest BCUT2D eigenvalue weighted by molar-refractivity contribution is 5.51. The van der Waals surface area contributed by atoms with E-state index in [2.05, 4.69) is 0 Å². The van der Waals surface area contributed by atoms with Crippen molar-refractivity contribution >= 4 is 5.69 Å². The summed E-state index contributed by atoms with van der Waals surface area (Å²) >= 11 is 0. The lowest BCUT2D eigenvalue weighted by atomic mass is 10.2. The Balaban J connectivity index is 2.14. The van der Waals surface area contributed by atoms with Gasteiger partial charge in [-0.25, -0.2) is 4.39 Å². The van der Waals surface area contributed by atoms with Crippen LogP contribution in [0.15, 0.2) is 42.5 Å². The van der Waals surface area contributed by atoms with Crippen LogP contribution in [0.3, 0.4) is 0 Å². The van der Waals surface area contributed by atoms with E-state index >= 15 is 0 Å². The van der Waals surface area contributed by atoms with E-state index in [0.717, 1.165) is 0 Å². The molecule has 2 N–H and O–H groups in total. The molecule has 18 heavy (non-hydrogen) atoms.